The number of rotatable bonds is 13. The summed E-state index contributed by atoms with van der Waals surface area (Å²) in [6, 6.07) is 0. The van der Waals surface area contributed by atoms with Crippen molar-refractivity contribution in [3.05, 3.63) is 0 Å². The van der Waals surface area contributed by atoms with Gasteiger partial charge in [-0.3, -0.25) is 9.59 Å². The molecule has 0 rings (SSSR count). The first-order valence-electron chi connectivity index (χ1n) is 11.9. The smallest absolute Gasteiger partial charge is 0.422 e. The number of hydrogen-bond donors (Lipinski definition) is 0. The van der Waals surface area contributed by atoms with Crippen molar-refractivity contribution in [2.75, 3.05) is 6.61 Å². The van der Waals surface area contributed by atoms with Crippen molar-refractivity contribution in [3.63, 3.8) is 0 Å². The second kappa shape index (κ2) is 11.2. The first-order valence-corrected chi connectivity index (χ1v) is 11.9. The third kappa shape index (κ3) is 7.38. The van der Waals surface area contributed by atoms with Gasteiger partial charge in [-0.15, -0.1) is 0 Å². The molecule has 0 spiro atoms. The van der Waals surface area contributed by atoms with E-state index in [2.05, 4.69) is 25.5 Å². The van der Waals surface area contributed by atoms with Crippen LogP contribution in [0.4, 0.5) is 13.2 Å². The van der Waals surface area contributed by atoms with Crippen LogP contribution in [0.5, 0.6) is 0 Å². The molecule has 0 heterocycles. The largest absolute Gasteiger partial charge is 0.458 e. The van der Waals surface area contributed by atoms with Crippen LogP contribution in [0.2, 0.25) is 0 Å². The molecule has 0 bridgehead atoms. The average molecular weight is 467 g/mol. The van der Waals surface area contributed by atoms with Crippen molar-refractivity contribution in [1.82, 2.24) is 0 Å². The van der Waals surface area contributed by atoms with E-state index in [1.165, 1.54) is 0 Å². The number of alkyl halides is 3. The SMILES string of the molecule is CCC(C(=O)OCC(F)(F)F)C(CC)(CC)OC(=O)C(C)(CC(C)(C)CC)C(C)(C)CC. The minimum Gasteiger partial charge on any atom is -0.458 e. The van der Waals surface area contributed by atoms with Crippen molar-refractivity contribution in [3.8, 4) is 0 Å². The number of halogens is 3. The van der Waals surface area contributed by atoms with Gasteiger partial charge in [0.05, 0.1) is 11.3 Å². The van der Waals surface area contributed by atoms with Gasteiger partial charge in [-0.25, -0.2) is 0 Å². The van der Waals surface area contributed by atoms with Gasteiger partial charge in [-0.2, -0.15) is 13.2 Å². The molecular formula is C25H45F3O4. The summed E-state index contributed by atoms with van der Waals surface area (Å²) in [5.41, 5.74) is -2.57. The Bertz CT molecular complexity index is 621. The van der Waals surface area contributed by atoms with Crippen LogP contribution >= 0.6 is 0 Å². The van der Waals surface area contributed by atoms with E-state index < -0.39 is 41.7 Å². The lowest BCUT2D eigenvalue weighted by Gasteiger charge is -2.48. The van der Waals surface area contributed by atoms with Gasteiger partial charge < -0.3 is 9.47 Å². The van der Waals surface area contributed by atoms with Crippen molar-refractivity contribution in [2.24, 2.45) is 22.2 Å². The first-order chi connectivity index (χ1) is 14.4. The van der Waals surface area contributed by atoms with Crippen LogP contribution < -0.4 is 0 Å². The van der Waals surface area contributed by atoms with Crippen molar-refractivity contribution in [1.29, 1.82) is 0 Å². The first kappa shape index (κ1) is 30.7. The Kier molecular flexibility index (Phi) is 10.8. The van der Waals surface area contributed by atoms with Gasteiger partial charge in [-0.1, -0.05) is 68.7 Å². The van der Waals surface area contributed by atoms with Gasteiger partial charge >= 0.3 is 18.1 Å². The van der Waals surface area contributed by atoms with Gasteiger partial charge in [0.1, 0.15) is 5.60 Å². The van der Waals surface area contributed by atoms with E-state index in [4.69, 9.17) is 4.74 Å². The highest BCUT2D eigenvalue weighted by Crippen LogP contribution is 2.51. The summed E-state index contributed by atoms with van der Waals surface area (Å²) in [6.45, 7) is 17.9. The van der Waals surface area contributed by atoms with Crippen LogP contribution in [0.25, 0.3) is 0 Å². The van der Waals surface area contributed by atoms with Crippen LogP contribution in [-0.4, -0.2) is 30.3 Å². The van der Waals surface area contributed by atoms with E-state index in [-0.39, 0.29) is 17.3 Å². The molecule has 4 nitrogen and oxygen atoms in total. The zero-order valence-corrected chi connectivity index (χ0v) is 21.8. The number of ether oxygens (including phenoxy) is 2. The van der Waals surface area contributed by atoms with Crippen LogP contribution in [0, 0.1) is 22.2 Å². The molecule has 0 aliphatic carbocycles. The molecule has 190 valence electrons. The lowest BCUT2D eigenvalue weighted by molar-refractivity contribution is -0.205. The molecule has 0 aliphatic heterocycles. The lowest BCUT2D eigenvalue weighted by Crippen LogP contribution is -2.52. The molecule has 0 saturated carbocycles. The molecule has 0 fully saturated rings. The predicted molar refractivity (Wildman–Crippen MR) is 121 cm³/mol. The summed E-state index contributed by atoms with van der Waals surface area (Å²) < 4.78 is 48.6. The van der Waals surface area contributed by atoms with E-state index in [1.807, 2.05) is 27.7 Å². The normalized spacial score (nSPS) is 16.3. The second-order valence-electron chi connectivity index (χ2n) is 10.6. The predicted octanol–water partition coefficient (Wildman–Crippen LogP) is 7.49. The zero-order valence-electron chi connectivity index (χ0n) is 21.8. The summed E-state index contributed by atoms with van der Waals surface area (Å²) in [6.07, 6.45) is -1.59. The maximum Gasteiger partial charge on any atom is 0.422 e. The second-order valence-corrected chi connectivity index (χ2v) is 10.6. The molecule has 0 aromatic rings. The fraction of sp³-hybridized carbons (Fsp3) is 0.920. The molecule has 0 amide bonds. The summed E-state index contributed by atoms with van der Waals surface area (Å²) in [5.74, 6) is -2.36. The molecular weight excluding hydrogens is 421 g/mol. The van der Waals surface area contributed by atoms with E-state index in [0.29, 0.717) is 19.3 Å². The highest BCUT2D eigenvalue weighted by Gasteiger charge is 2.53. The monoisotopic (exact) mass is 466 g/mol. The highest BCUT2D eigenvalue weighted by atomic mass is 19.4. The topological polar surface area (TPSA) is 52.6 Å². The van der Waals surface area contributed by atoms with Crippen LogP contribution in [0.1, 0.15) is 108 Å². The van der Waals surface area contributed by atoms with Crippen molar-refractivity contribution < 1.29 is 32.2 Å². The van der Waals surface area contributed by atoms with Crippen molar-refractivity contribution >= 4 is 11.9 Å². The third-order valence-corrected chi connectivity index (χ3v) is 7.82. The van der Waals surface area contributed by atoms with Crippen molar-refractivity contribution in [2.45, 2.75) is 120 Å². The molecule has 0 aliphatic rings. The fourth-order valence-corrected chi connectivity index (χ4v) is 4.32. The van der Waals surface area contributed by atoms with Crippen LogP contribution in [0.15, 0.2) is 0 Å². The van der Waals surface area contributed by atoms with E-state index >= 15 is 0 Å². The molecule has 2 atom stereocenters. The summed E-state index contributed by atoms with van der Waals surface area (Å²) in [4.78, 5) is 26.4. The van der Waals surface area contributed by atoms with Crippen LogP contribution in [-0.2, 0) is 19.1 Å². The molecule has 0 aromatic carbocycles. The van der Waals surface area contributed by atoms with E-state index in [0.717, 1.165) is 12.8 Å². The quantitative estimate of drug-likeness (QED) is 0.264. The maximum absolute atomic E-state index is 13.8. The molecule has 7 heteroatoms. The number of hydrogen-bond acceptors (Lipinski definition) is 4. The van der Waals surface area contributed by atoms with Gasteiger partial charge in [0, 0.05) is 0 Å². The van der Waals surface area contributed by atoms with Gasteiger partial charge in [-0.05, 0) is 49.9 Å². The Morgan fingerprint density at radius 1 is 0.812 bits per heavy atom. The molecule has 0 saturated heterocycles. The maximum atomic E-state index is 13.8. The molecule has 32 heavy (non-hydrogen) atoms. The van der Waals surface area contributed by atoms with Crippen LogP contribution in [0.3, 0.4) is 0 Å². The van der Waals surface area contributed by atoms with Gasteiger partial charge in [0.25, 0.3) is 0 Å². The van der Waals surface area contributed by atoms with Gasteiger partial charge in [0.2, 0.25) is 0 Å². The Hall–Kier alpha value is -1.27. The summed E-state index contributed by atoms with van der Waals surface area (Å²) in [7, 11) is 0. The third-order valence-electron chi connectivity index (χ3n) is 7.82. The Morgan fingerprint density at radius 3 is 1.66 bits per heavy atom. The molecule has 2 unspecified atom stereocenters. The number of esters is 2. The summed E-state index contributed by atoms with van der Waals surface area (Å²) >= 11 is 0. The lowest BCUT2D eigenvalue weighted by atomic mass is 9.58. The number of carbonyl (C=O) groups excluding carboxylic acids is 2. The van der Waals surface area contributed by atoms with E-state index in [1.54, 1.807) is 20.8 Å². The molecule has 0 radical (unpaired) electrons. The standard InChI is InChI=1S/C25H45F3O4/c1-11-18(19(29)31-17-25(26,27)28)24(14-4,15-5)32-20(30)23(10,22(8,9)13-3)16-21(6,7)12-2/h18H,11-17H2,1-10H3. The average Bonchev–Trinajstić information content (AvgIpc) is 2.70. The van der Waals surface area contributed by atoms with E-state index in [9.17, 15) is 22.8 Å². The Morgan fingerprint density at radius 2 is 1.31 bits per heavy atom. The fourth-order valence-electron chi connectivity index (χ4n) is 4.32. The molecule has 0 N–H and O–H groups in total. The number of carbonyl (C=O) groups is 2. The summed E-state index contributed by atoms with van der Waals surface area (Å²) in [5, 5.41) is 0. The minimum absolute atomic E-state index is 0.114. The Balaban J connectivity index is 6.18. The van der Waals surface area contributed by atoms with Gasteiger partial charge in [0.15, 0.2) is 6.61 Å². The molecule has 0 aromatic heterocycles. The minimum atomic E-state index is -4.61. The Labute approximate surface area is 193 Å². The highest BCUT2D eigenvalue weighted by molar-refractivity contribution is 5.80. The zero-order chi connectivity index (χ0) is 25.6.